The molecule has 5 aliphatic rings. The first-order valence-corrected chi connectivity index (χ1v) is 13.3. The van der Waals surface area contributed by atoms with E-state index in [4.69, 9.17) is 5.73 Å². The van der Waals surface area contributed by atoms with E-state index in [-0.39, 0.29) is 35.4 Å². The Morgan fingerprint density at radius 3 is 2.77 bits per heavy atom. The molecule has 1 amide bonds. The van der Waals surface area contributed by atoms with Crippen molar-refractivity contribution in [1.82, 2.24) is 9.80 Å². The Balaban J connectivity index is 1.35. The number of hydrogen-bond acceptors (Lipinski definition) is 5. The van der Waals surface area contributed by atoms with Gasteiger partial charge in [-0.1, -0.05) is 36.4 Å². The fourth-order valence-electron chi connectivity index (χ4n) is 9.52. The summed E-state index contributed by atoms with van der Waals surface area (Å²) in [6, 6.07) is 16.7. The summed E-state index contributed by atoms with van der Waals surface area (Å²) in [4.78, 5) is 18.7. The number of phenolic OH excluding ortho intramolecular Hbond substituents is 1. The number of piperidine rings is 1. The minimum atomic E-state index is -0.250. The topological polar surface area (TPSA) is 90.0 Å². The van der Waals surface area contributed by atoms with E-state index >= 15 is 0 Å². The maximum absolute atomic E-state index is 14.0. The summed E-state index contributed by atoms with van der Waals surface area (Å²) in [6.45, 7) is 2.30. The van der Waals surface area contributed by atoms with Gasteiger partial charge in [0.25, 0.3) is 0 Å². The van der Waals surface area contributed by atoms with Crippen molar-refractivity contribution in [3.63, 3.8) is 0 Å². The zero-order chi connectivity index (χ0) is 23.9. The lowest BCUT2D eigenvalue weighted by Gasteiger charge is -2.66. The summed E-state index contributed by atoms with van der Waals surface area (Å²) in [5, 5.41) is 20.3. The smallest absolute Gasteiger partial charge is 0.226 e. The molecule has 35 heavy (non-hydrogen) atoms. The van der Waals surface area contributed by atoms with E-state index in [0.29, 0.717) is 36.7 Å². The lowest BCUT2D eigenvalue weighted by molar-refractivity contribution is -0.139. The molecular formula is C29H35N3O3. The molecule has 3 aliphatic carbocycles. The number of amides is 1. The van der Waals surface area contributed by atoms with Crippen molar-refractivity contribution in [3.8, 4) is 5.75 Å². The number of carbonyl (C=O) groups excluding carboxylic acids is 1. The maximum Gasteiger partial charge on any atom is 0.226 e. The molecule has 4 bridgehead atoms. The summed E-state index contributed by atoms with van der Waals surface area (Å²) >= 11 is 0. The van der Waals surface area contributed by atoms with Gasteiger partial charge in [0.1, 0.15) is 5.75 Å². The van der Waals surface area contributed by atoms with Gasteiger partial charge in [0.05, 0.1) is 6.61 Å². The minimum Gasteiger partial charge on any atom is -0.508 e. The maximum atomic E-state index is 14.0. The van der Waals surface area contributed by atoms with E-state index in [0.717, 1.165) is 38.6 Å². The van der Waals surface area contributed by atoms with Crippen LogP contribution in [-0.4, -0.2) is 63.7 Å². The number of aromatic hydroxyl groups is 1. The largest absolute Gasteiger partial charge is 0.508 e. The van der Waals surface area contributed by atoms with Crippen molar-refractivity contribution in [2.75, 3.05) is 19.7 Å². The summed E-state index contributed by atoms with van der Waals surface area (Å²) in [6.07, 6.45) is 5.01. The average molecular weight is 474 g/mol. The molecule has 7 rings (SSSR count). The molecule has 2 heterocycles. The lowest BCUT2D eigenvalue weighted by atomic mass is 9.43. The van der Waals surface area contributed by atoms with Crippen molar-refractivity contribution in [1.29, 1.82) is 0 Å². The van der Waals surface area contributed by atoms with E-state index in [9.17, 15) is 15.0 Å². The molecule has 0 radical (unpaired) electrons. The van der Waals surface area contributed by atoms with Gasteiger partial charge in [-0.3, -0.25) is 9.69 Å². The summed E-state index contributed by atoms with van der Waals surface area (Å²) < 4.78 is 0. The Morgan fingerprint density at radius 2 is 1.97 bits per heavy atom. The molecule has 4 fully saturated rings. The summed E-state index contributed by atoms with van der Waals surface area (Å²) in [5.41, 5.74) is 10.0. The fraction of sp³-hybridized carbons (Fsp3) is 0.552. The predicted octanol–water partition coefficient (Wildman–Crippen LogP) is 2.41. The Bertz CT molecular complexity index is 1170. The zero-order valence-electron chi connectivity index (χ0n) is 20.1. The number of likely N-dealkylation sites (tertiary alicyclic amines) is 2. The number of aliphatic hydroxyl groups excluding tert-OH is 1. The number of phenols is 1. The van der Waals surface area contributed by atoms with E-state index in [2.05, 4.69) is 40.1 Å². The third-order valence-corrected chi connectivity index (χ3v) is 10.5. The van der Waals surface area contributed by atoms with Crippen molar-refractivity contribution >= 4 is 5.91 Å². The molecule has 2 saturated carbocycles. The SMILES string of the molecule is N[C@H](CO)CN1CCC23c4cc(O)ccc4CC1C21CCC2C3[C@H](C1)C(=O)N2Cc1ccccc1. The number of benzene rings is 2. The summed E-state index contributed by atoms with van der Waals surface area (Å²) in [7, 11) is 0. The Morgan fingerprint density at radius 1 is 1.14 bits per heavy atom. The van der Waals surface area contributed by atoms with E-state index in [1.54, 1.807) is 0 Å². The molecule has 7 atom stereocenters. The summed E-state index contributed by atoms with van der Waals surface area (Å²) in [5.74, 6) is 1.01. The van der Waals surface area contributed by atoms with Crippen molar-refractivity contribution in [2.45, 2.75) is 62.2 Å². The van der Waals surface area contributed by atoms with Crippen LogP contribution >= 0.6 is 0 Å². The highest BCUT2D eigenvalue weighted by Crippen LogP contribution is 2.75. The highest BCUT2D eigenvalue weighted by atomic mass is 16.3. The van der Waals surface area contributed by atoms with E-state index in [1.165, 1.54) is 16.7 Å². The minimum absolute atomic E-state index is 0.00786. The molecule has 0 spiro atoms. The second-order valence-electron chi connectivity index (χ2n) is 11.8. The van der Waals surface area contributed by atoms with Gasteiger partial charge in [0.2, 0.25) is 5.91 Å². The van der Waals surface area contributed by atoms with E-state index in [1.807, 2.05) is 18.2 Å². The molecule has 2 aromatic carbocycles. The molecule has 4 N–H and O–H groups in total. The normalized spacial score (nSPS) is 37.8. The first-order valence-electron chi connectivity index (χ1n) is 13.3. The lowest BCUT2D eigenvalue weighted by Crippen LogP contribution is -2.70. The highest BCUT2D eigenvalue weighted by Gasteiger charge is 2.77. The molecule has 6 heteroatoms. The van der Waals surface area contributed by atoms with Crippen LogP contribution in [-0.2, 0) is 23.2 Å². The molecule has 184 valence electrons. The van der Waals surface area contributed by atoms with Crippen LogP contribution in [0.25, 0.3) is 0 Å². The van der Waals surface area contributed by atoms with Crippen molar-refractivity contribution in [3.05, 3.63) is 65.2 Å². The van der Waals surface area contributed by atoms with Crippen LogP contribution in [0.3, 0.4) is 0 Å². The number of hydrogen-bond donors (Lipinski definition) is 3. The van der Waals surface area contributed by atoms with Gasteiger partial charge < -0.3 is 20.8 Å². The second-order valence-corrected chi connectivity index (χ2v) is 11.8. The average Bonchev–Trinajstić information content (AvgIpc) is 3.24. The van der Waals surface area contributed by atoms with Crippen LogP contribution in [0.2, 0.25) is 0 Å². The van der Waals surface area contributed by atoms with Crippen molar-refractivity contribution < 1.29 is 15.0 Å². The predicted molar refractivity (Wildman–Crippen MR) is 133 cm³/mol. The van der Waals surface area contributed by atoms with Crippen molar-refractivity contribution in [2.24, 2.45) is 23.0 Å². The van der Waals surface area contributed by atoms with Crippen LogP contribution in [0.15, 0.2) is 48.5 Å². The van der Waals surface area contributed by atoms with Crippen LogP contribution in [0, 0.1) is 17.3 Å². The molecule has 0 aromatic heterocycles. The Kier molecular flexibility index (Phi) is 4.71. The Labute approximate surface area is 206 Å². The first-order chi connectivity index (χ1) is 17.0. The van der Waals surface area contributed by atoms with Gasteiger partial charge in [-0.25, -0.2) is 0 Å². The van der Waals surface area contributed by atoms with Crippen LogP contribution in [0.1, 0.15) is 42.4 Å². The van der Waals surface area contributed by atoms with Crippen LogP contribution in [0.5, 0.6) is 5.75 Å². The number of rotatable bonds is 5. The van der Waals surface area contributed by atoms with Gasteiger partial charge in [-0.2, -0.15) is 0 Å². The molecule has 2 saturated heterocycles. The monoisotopic (exact) mass is 473 g/mol. The zero-order valence-corrected chi connectivity index (χ0v) is 20.1. The standard InChI is InChI=1S/C29H35N3O3/c30-20(17-33)16-31-11-10-29-23-13-21(34)7-6-19(23)12-25(31)28(29)9-8-24-26(29)22(14-28)27(35)32(24)15-18-4-2-1-3-5-18/h1-7,13,20,22,24-26,33-34H,8-12,14-17,30H2/t20-,22-,24?,25?,26?,28?,29?/m0/s1. The molecular weight excluding hydrogens is 438 g/mol. The van der Waals surface area contributed by atoms with Gasteiger partial charge in [0, 0.05) is 48.5 Å². The van der Waals surface area contributed by atoms with Gasteiger partial charge in [0.15, 0.2) is 0 Å². The third kappa shape index (κ3) is 2.73. The quantitative estimate of drug-likeness (QED) is 0.621. The fourth-order valence-corrected chi connectivity index (χ4v) is 9.52. The molecule has 2 aromatic rings. The number of nitrogens with zero attached hydrogens (tertiary/aromatic N) is 2. The number of nitrogens with two attached hydrogens (primary N) is 1. The second kappa shape index (κ2) is 7.55. The number of fused-ring (bicyclic) bond motifs is 1. The number of carbonyl (C=O) groups is 1. The molecule has 5 unspecified atom stereocenters. The van der Waals surface area contributed by atoms with Crippen LogP contribution < -0.4 is 5.73 Å². The number of aliphatic hydroxyl groups is 1. The highest BCUT2D eigenvalue weighted by molar-refractivity contribution is 5.84. The van der Waals surface area contributed by atoms with Gasteiger partial charge in [-0.15, -0.1) is 0 Å². The molecule has 6 nitrogen and oxygen atoms in total. The first kappa shape index (κ1) is 21.8. The third-order valence-electron chi connectivity index (χ3n) is 10.5. The van der Waals surface area contributed by atoms with Gasteiger partial charge in [-0.05, 0) is 72.9 Å². The van der Waals surface area contributed by atoms with Crippen LogP contribution in [0.4, 0.5) is 0 Å². The van der Waals surface area contributed by atoms with Gasteiger partial charge >= 0.3 is 0 Å². The van der Waals surface area contributed by atoms with E-state index < -0.39 is 0 Å². The Hall–Kier alpha value is -2.41. The molecule has 2 aliphatic heterocycles.